The third-order valence-electron chi connectivity index (χ3n) is 9.65. The highest BCUT2D eigenvalue weighted by Gasteiger charge is 2.39. The number of anilines is 1. The van der Waals surface area contributed by atoms with Gasteiger partial charge in [-0.05, 0) is 77.9 Å². The summed E-state index contributed by atoms with van der Waals surface area (Å²) in [7, 11) is -3.51. The minimum atomic E-state index is -3.51. The number of sulfonamides is 1. The first-order valence-corrected chi connectivity index (χ1v) is 20.2. The van der Waals surface area contributed by atoms with E-state index in [0.29, 0.717) is 59.5 Å². The summed E-state index contributed by atoms with van der Waals surface area (Å²) in [5.41, 5.74) is 4.56. The molecule has 0 radical (unpaired) electrons. The molecule has 3 amide bonds. The average molecular weight is 801 g/mol. The standard InChI is InChI=1S/C40H41ClN6O8S/c1-40(2,28-7-9-31(10-8-28)55-24-30-14-15-43-39(44-30)46-56(3,51)52)29-20-26(22-42)36(33(41)21-29)54-18-17-53-16-4-5-25-6-11-32-27(19-25)23-47(38(32)50)34-12-13-35(48)45-37(34)49/h6-11,14-15,19-21,34H,4-5,12-13,16-18,23-24H2,1-3H3,(H,43,44,46)(H,45,48,49). The fourth-order valence-electron chi connectivity index (χ4n) is 6.63. The summed E-state index contributed by atoms with van der Waals surface area (Å²) in [6, 6.07) is 20.0. The Morgan fingerprint density at radius 1 is 1.02 bits per heavy atom. The van der Waals surface area contributed by atoms with Crippen molar-refractivity contribution in [2.45, 2.75) is 64.1 Å². The maximum atomic E-state index is 13.0. The van der Waals surface area contributed by atoms with Gasteiger partial charge in [-0.3, -0.25) is 24.4 Å². The molecular weight excluding hydrogens is 760 g/mol. The lowest BCUT2D eigenvalue weighted by Gasteiger charge is -2.29. The Balaban J connectivity index is 0.963. The molecule has 292 valence electrons. The number of hydrogen-bond donors (Lipinski definition) is 2. The number of nitrogens with one attached hydrogen (secondary N) is 2. The maximum Gasteiger partial charge on any atom is 0.255 e. The Morgan fingerprint density at radius 3 is 2.54 bits per heavy atom. The van der Waals surface area contributed by atoms with Gasteiger partial charge < -0.3 is 19.1 Å². The Hall–Kier alpha value is -5.56. The molecule has 0 spiro atoms. The molecule has 4 aromatic rings. The zero-order valence-electron chi connectivity index (χ0n) is 31.1. The fourth-order valence-corrected chi connectivity index (χ4v) is 7.34. The predicted molar refractivity (Wildman–Crippen MR) is 207 cm³/mol. The SMILES string of the molecule is CC(C)(c1ccc(OCc2ccnc(NS(C)(=O)=O)n2)cc1)c1cc(Cl)c(OCCOCCCc2ccc3c(c2)CN(C2CCC(=O)NC2=O)C3=O)c(C#N)c1. The van der Waals surface area contributed by atoms with Crippen LogP contribution >= 0.6 is 11.6 Å². The van der Waals surface area contributed by atoms with E-state index >= 15 is 0 Å². The number of halogens is 1. The van der Waals surface area contributed by atoms with Crippen molar-refractivity contribution in [2.75, 3.05) is 30.8 Å². The van der Waals surface area contributed by atoms with E-state index in [1.165, 1.54) is 6.20 Å². The first kappa shape index (κ1) is 40.1. The highest BCUT2D eigenvalue weighted by atomic mass is 35.5. The molecule has 0 saturated carbocycles. The van der Waals surface area contributed by atoms with E-state index in [4.69, 9.17) is 25.8 Å². The van der Waals surface area contributed by atoms with E-state index in [9.17, 15) is 28.1 Å². The number of hydrogen-bond acceptors (Lipinski definition) is 11. The number of ether oxygens (including phenoxy) is 3. The van der Waals surface area contributed by atoms with Crippen LogP contribution in [-0.2, 0) is 49.3 Å². The second-order valence-corrected chi connectivity index (χ2v) is 16.2. The zero-order valence-corrected chi connectivity index (χ0v) is 32.7. The normalized spacial score (nSPS) is 15.6. The number of benzene rings is 3. The van der Waals surface area contributed by atoms with Gasteiger partial charge in [0.2, 0.25) is 27.8 Å². The number of piperidine rings is 1. The summed E-state index contributed by atoms with van der Waals surface area (Å²) >= 11 is 6.68. The van der Waals surface area contributed by atoms with Crippen LogP contribution in [0, 0.1) is 11.3 Å². The lowest BCUT2D eigenvalue weighted by Crippen LogP contribution is -2.52. The zero-order chi connectivity index (χ0) is 40.0. The van der Waals surface area contributed by atoms with E-state index in [-0.39, 0.29) is 37.4 Å². The molecule has 2 N–H and O–H groups in total. The van der Waals surface area contributed by atoms with Crippen LogP contribution in [0.25, 0.3) is 0 Å². The molecule has 2 aliphatic heterocycles. The predicted octanol–water partition coefficient (Wildman–Crippen LogP) is 5.07. The summed E-state index contributed by atoms with van der Waals surface area (Å²) in [6.07, 6.45) is 4.48. The molecule has 1 aromatic heterocycles. The van der Waals surface area contributed by atoms with Crippen LogP contribution in [0.4, 0.5) is 5.95 Å². The average Bonchev–Trinajstić information content (AvgIpc) is 3.48. The van der Waals surface area contributed by atoms with Gasteiger partial charge in [-0.1, -0.05) is 49.7 Å². The number of rotatable bonds is 16. The lowest BCUT2D eigenvalue weighted by molar-refractivity contribution is -0.136. The van der Waals surface area contributed by atoms with Crippen molar-refractivity contribution in [1.29, 1.82) is 5.26 Å². The second-order valence-electron chi connectivity index (χ2n) is 14.1. The third-order valence-corrected chi connectivity index (χ3v) is 10.5. The summed E-state index contributed by atoms with van der Waals surface area (Å²) in [6.45, 7) is 5.45. The highest BCUT2D eigenvalue weighted by molar-refractivity contribution is 7.92. The minimum absolute atomic E-state index is 0.0320. The van der Waals surface area contributed by atoms with Gasteiger partial charge in [-0.2, -0.15) is 5.26 Å². The molecular formula is C40H41ClN6O8S. The van der Waals surface area contributed by atoms with Crippen LogP contribution in [0.1, 0.15) is 77.0 Å². The van der Waals surface area contributed by atoms with Gasteiger partial charge in [0.05, 0.1) is 29.1 Å². The first-order valence-electron chi connectivity index (χ1n) is 18.0. The van der Waals surface area contributed by atoms with Gasteiger partial charge in [0.25, 0.3) is 5.91 Å². The number of imide groups is 1. The van der Waals surface area contributed by atoms with Gasteiger partial charge in [0.1, 0.15) is 31.1 Å². The van der Waals surface area contributed by atoms with E-state index in [1.54, 1.807) is 29.2 Å². The number of aryl methyl sites for hydroxylation is 1. The van der Waals surface area contributed by atoms with Crippen molar-refractivity contribution in [2.24, 2.45) is 0 Å². The van der Waals surface area contributed by atoms with Crippen molar-refractivity contribution in [3.63, 3.8) is 0 Å². The molecule has 16 heteroatoms. The molecule has 2 aliphatic rings. The fraction of sp³-hybridized carbons (Fsp3) is 0.350. The highest BCUT2D eigenvalue weighted by Crippen LogP contribution is 2.39. The molecule has 0 aliphatic carbocycles. The number of amides is 3. The Morgan fingerprint density at radius 2 is 1.80 bits per heavy atom. The molecule has 1 unspecified atom stereocenters. The summed E-state index contributed by atoms with van der Waals surface area (Å²) in [4.78, 5) is 46.4. The number of nitrogens with zero attached hydrogens (tertiary/aromatic N) is 4. The molecule has 1 atom stereocenters. The molecule has 6 rings (SSSR count). The first-order chi connectivity index (χ1) is 26.7. The topological polar surface area (TPSA) is 190 Å². The molecule has 3 aromatic carbocycles. The number of nitriles is 1. The van der Waals surface area contributed by atoms with Crippen LogP contribution in [0.3, 0.4) is 0 Å². The van der Waals surface area contributed by atoms with Crippen molar-refractivity contribution in [1.82, 2.24) is 20.2 Å². The molecule has 1 saturated heterocycles. The smallest absolute Gasteiger partial charge is 0.255 e. The Kier molecular flexibility index (Phi) is 12.2. The monoisotopic (exact) mass is 800 g/mol. The van der Waals surface area contributed by atoms with Gasteiger partial charge in [0.15, 0.2) is 5.75 Å². The molecule has 0 bridgehead atoms. The Bertz CT molecular complexity index is 2290. The molecule has 3 heterocycles. The van der Waals surface area contributed by atoms with Crippen LogP contribution < -0.4 is 19.5 Å². The van der Waals surface area contributed by atoms with E-state index in [1.807, 2.05) is 50.2 Å². The van der Waals surface area contributed by atoms with E-state index in [2.05, 4.69) is 26.1 Å². The summed E-state index contributed by atoms with van der Waals surface area (Å²) in [5, 5.41) is 12.6. The largest absolute Gasteiger partial charge is 0.488 e. The lowest BCUT2D eigenvalue weighted by atomic mass is 9.77. The molecule has 56 heavy (non-hydrogen) atoms. The quantitative estimate of drug-likeness (QED) is 0.114. The van der Waals surface area contributed by atoms with Crippen molar-refractivity contribution >= 4 is 45.3 Å². The Labute approximate surface area is 330 Å². The third kappa shape index (κ3) is 9.62. The minimum Gasteiger partial charge on any atom is -0.488 e. The second kappa shape index (κ2) is 17.1. The number of carbonyl (C=O) groups is 3. The molecule has 1 fully saturated rings. The summed E-state index contributed by atoms with van der Waals surface area (Å²) in [5.74, 6) is -0.0869. The molecule has 14 nitrogen and oxygen atoms in total. The van der Waals surface area contributed by atoms with Crippen LogP contribution in [0.15, 0.2) is 66.9 Å². The van der Waals surface area contributed by atoms with Crippen LogP contribution in [0.5, 0.6) is 11.5 Å². The van der Waals surface area contributed by atoms with Crippen molar-refractivity contribution in [3.8, 4) is 17.6 Å². The number of fused-ring (bicyclic) bond motifs is 1. The maximum absolute atomic E-state index is 13.0. The van der Waals surface area contributed by atoms with Crippen LogP contribution in [0.2, 0.25) is 5.02 Å². The van der Waals surface area contributed by atoms with Crippen molar-refractivity contribution < 1.29 is 37.0 Å². The van der Waals surface area contributed by atoms with Gasteiger partial charge in [0, 0.05) is 36.7 Å². The number of aromatic nitrogens is 2. The van der Waals surface area contributed by atoms with Crippen molar-refractivity contribution in [3.05, 3.63) is 111 Å². The van der Waals surface area contributed by atoms with Gasteiger partial charge in [-0.15, -0.1) is 0 Å². The van der Waals surface area contributed by atoms with E-state index in [0.717, 1.165) is 41.4 Å². The van der Waals surface area contributed by atoms with Crippen LogP contribution in [-0.4, -0.2) is 73.1 Å². The van der Waals surface area contributed by atoms with E-state index < -0.39 is 27.4 Å². The summed E-state index contributed by atoms with van der Waals surface area (Å²) < 4.78 is 42.8. The van der Waals surface area contributed by atoms with Gasteiger partial charge in [-0.25, -0.2) is 18.4 Å². The number of carbonyl (C=O) groups excluding carboxylic acids is 3. The van der Waals surface area contributed by atoms with Gasteiger partial charge >= 0.3 is 0 Å².